The van der Waals surface area contributed by atoms with E-state index < -0.39 is 24.1 Å². The first kappa shape index (κ1) is 22.7. The molecule has 11 heteroatoms. The molecule has 0 N–H and O–H groups in total. The molecule has 0 amide bonds. The minimum absolute atomic E-state index is 0.0329. The van der Waals surface area contributed by atoms with Crippen molar-refractivity contribution in [1.82, 2.24) is 9.78 Å². The first-order chi connectivity index (χ1) is 15.2. The third-order valence-corrected chi connectivity index (χ3v) is 4.31. The van der Waals surface area contributed by atoms with E-state index in [1.54, 1.807) is 30.3 Å². The largest absolute Gasteiger partial charge is 0.573 e. The van der Waals surface area contributed by atoms with Gasteiger partial charge in [0.05, 0.1) is 27.0 Å². The summed E-state index contributed by atoms with van der Waals surface area (Å²) in [6.45, 7) is 0. The molecule has 0 bridgehead atoms. The summed E-state index contributed by atoms with van der Waals surface area (Å²) in [7, 11) is 3.49. The van der Waals surface area contributed by atoms with Gasteiger partial charge in [0.25, 0.3) is 0 Å². The molecule has 0 radical (unpaired) electrons. The van der Waals surface area contributed by atoms with Gasteiger partial charge in [-0.25, -0.2) is 14.3 Å². The first-order valence-electron chi connectivity index (χ1n) is 8.99. The van der Waals surface area contributed by atoms with Crippen LogP contribution in [0.2, 0.25) is 0 Å². The van der Waals surface area contributed by atoms with Gasteiger partial charge in [0, 0.05) is 5.56 Å². The molecule has 3 rings (SSSR count). The maximum Gasteiger partial charge on any atom is 0.573 e. The lowest BCUT2D eigenvalue weighted by molar-refractivity contribution is -0.274. The van der Waals surface area contributed by atoms with Crippen LogP contribution in [0.4, 0.5) is 13.2 Å². The molecule has 3 aromatic rings. The maximum atomic E-state index is 12.8. The Hall–Kier alpha value is -4.02. The molecule has 0 aliphatic carbocycles. The molecular weight excluding hydrogens is 433 g/mol. The molecule has 168 valence electrons. The zero-order valence-electron chi connectivity index (χ0n) is 17.1. The molecule has 32 heavy (non-hydrogen) atoms. The molecule has 0 saturated carbocycles. The van der Waals surface area contributed by atoms with E-state index in [-0.39, 0.29) is 28.3 Å². The van der Waals surface area contributed by atoms with Gasteiger partial charge in [0.15, 0.2) is 5.69 Å². The van der Waals surface area contributed by atoms with Gasteiger partial charge in [0.2, 0.25) is 0 Å². The number of methoxy groups -OCH3 is 3. The summed E-state index contributed by atoms with van der Waals surface area (Å²) in [4.78, 5) is 25.3. The Morgan fingerprint density at radius 2 is 1.59 bits per heavy atom. The second-order valence-electron chi connectivity index (χ2n) is 6.21. The highest BCUT2D eigenvalue weighted by atomic mass is 19.4. The summed E-state index contributed by atoms with van der Waals surface area (Å²) in [6, 6.07) is 11.6. The van der Waals surface area contributed by atoms with E-state index >= 15 is 0 Å². The van der Waals surface area contributed by atoms with Crippen LogP contribution in [-0.2, 0) is 9.47 Å². The van der Waals surface area contributed by atoms with Crippen LogP contribution >= 0.6 is 0 Å². The molecule has 0 fully saturated rings. The topological polar surface area (TPSA) is 88.9 Å². The van der Waals surface area contributed by atoms with Crippen LogP contribution in [0, 0.1) is 0 Å². The van der Waals surface area contributed by atoms with Crippen LogP contribution in [0.15, 0.2) is 48.5 Å². The van der Waals surface area contributed by atoms with Crippen molar-refractivity contribution >= 4 is 11.9 Å². The minimum atomic E-state index is -4.95. The Bertz CT molecular complexity index is 1140. The highest BCUT2D eigenvalue weighted by Crippen LogP contribution is 2.38. The van der Waals surface area contributed by atoms with Crippen LogP contribution in [-0.4, -0.2) is 49.4 Å². The summed E-state index contributed by atoms with van der Waals surface area (Å²) in [6.07, 6.45) is -4.95. The van der Waals surface area contributed by atoms with Crippen LogP contribution < -0.4 is 9.47 Å². The van der Waals surface area contributed by atoms with Crippen LogP contribution in [0.3, 0.4) is 0 Å². The number of carbonyl (C=O) groups excluding carboxylic acids is 2. The Balaban J connectivity index is 2.36. The van der Waals surface area contributed by atoms with Crippen LogP contribution in [0.25, 0.3) is 16.9 Å². The summed E-state index contributed by atoms with van der Waals surface area (Å²) >= 11 is 0. The Labute approximate surface area is 180 Å². The monoisotopic (exact) mass is 450 g/mol. The molecule has 1 heterocycles. The van der Waals surface area contributed by atoms with Gasteiger partial charge in [-0.3, -0.25) is 0 Å². The summed E-state index contributed by atoms with van der Waals surface area (Å²) < 4.78 is 58.3. The van der Waals surface area contributed by atoms with Crippen LogP contribution in [0.5, 0.6) is 11.5 Å². The van der Waals surface area contributed by atoms with Crippen molar-refractivity contribution in [2.75, 3.05) is 21.3 Å². The van der Waals surface area contributed by atoms with Gasteiger partial charge in [-0.15, -0.1) is 13.2 Å². The SMILES string of the molecule is COC(=O)c1c(-c2cc(OC(F)(F)F)ccc2OC)nn(-c2ccccc2)c1C(=O)OC. The van der Waals surface area contributed by atoms with Gasteiger partial charge >= 0.3 is 18.3 Å². The number of para-hydroxylation sites is 1. The van der Waals surface area contributed by atoms with Crippen molar-refractivity contribution in [3.05, 3.63) is 59.8 Å². The van der Waals surface area contributed by atoms with Crippen molar-refractivity contribution < 1.29 is 41.7 Å². The number of nitrogens with zero attached hydrogens (tertiary/aromatic N) is 2. The van der Waals surface area contributed by atoms with Gasteiger partial charge in [-0.2, -0.15) is 5.10 Å². The van der Waals surface area contributed by atoms with E-state index in [2.05, 4.69) is 9.84 Å². The predicted octanol–water partition coefficient (Wildman–Crippen LogP) is 4.02. The fourth-order valence-corrected chi connectivity index (χ4v) is 3.01. The quantitative estimate of drug-likeness (QED) is 0.524. The Kier molecular flexibility index (Phi) is 6.37. The van der Waals surface area contributed by atoms with E-state index in [0.717, 1.165) is 31.0 Å². The van der Waals surface area contributed by atoms with E-state index in [0.29, 0.717) is 5.69 Å². The van der Waals surface area contributed by atoms with E-state index in [4.69, 9.17) is 14.2 Å². The number of hydrogen-bond acceptors (Lipinski definition) is 7. The summed E-state index contributed by atoms with van der Waals surface area (Å²) in [5.41, 5.74) is -0.388. The van der Waals surface area contributed by atoms with Crippen molar-refractivity contribution in [2.45, 2.75) is 6.36 Å². The second-order valence-corrected chi connectivity index (χ2v) is 6.21. The summed E-state index contributed by atoms with van der Waals surface area (Å²) in [5, 5.41) is 4.33. The van der Waals surface area contributed by atoms with Gasteiger partial charge in [-0.1, -0.05) is 18.2 Å². The average molecular weight is 450 g/mol. The number of alkyl halides is 3. The number of halogens is 3. The highest BCUT2D eigenvalue weighted by Gasteiger charge is 2.34. The molecule has 0 aliphatic rings. The third-order valence-electron chi connectivity index (χ3n) is 4.31. The van der Waals surface area contributed by atoms with E-state index in [1.165, 1.54) is 13.2 Å². The standard InChI is InChI=1S/C21H17F3N2O6/c1-29-15-10-9-13(32-21(22,23)24)11-14(15)17-16(19(27)30-2)18(20(28)31-3)26(25-17)12-7-5-4-6-8-12/h4-11H,1-3H3. The molecule has 0 saturated heterocycles. The molecule has 8 nitrogen and oxygen atoms in total. The van der Waals surface area contributed by atoms with Crippen LogP contribution in [0.1, 0.15) is 20.8 Å². The van der Waals surface area contributed by atoms with Crippen molar-refractivity contribution in [3.63, 3.8) is 0 Å². The van der Waals surface area contributed by atoms with Crippen molar-refractivity contribution in [1.29, 1.82) is 0 Å². The number of benzene rings is 2. The van der Waals surface area contributed by atoms with Gasteiger partial charge < -0.3 is 18.9 Å². The lowest BCUT2D eigenvalue weighted by Crippen LogP contribution is -2.17. The number of esters is 2. The molecule has 0 spiro atoms. The number of aromatic nitrogens is 2. The average Bonchev–Trinajstić information content (AvgIpc) is 3.18. The maximum absolute atomic E-state index is 12.8. The molecule has 0 aliphatic heterocycles. The molecule has 0 unspecified atom stereocenters. The number of rotatable bonds is 6. The predicted molar refractivity (Wildman–Crippen MR) is 105 cm³/mol. The summed E-state index contributed by atoms with van der Waals surface area (Å²) in [5.74, 6) is -2.35. The first-order valence-corrected chi connectivity index (χ1v) is 8.99. The second kappa shape index (κ2) is 9.00. The number of carbonyl (C=O) groups is 2. The Morgan fingerprint density at radius 3 is 2.16 bits per heavy atom. The fourth-order valence-electron chi connectivity index (χ4n) is 3.01. The normalized spacial score (nSPS) is 11.1. The Morgan fingerprint density at radius 1 is 0.938 bits per heavy atom. The van der Waals surface area contributed by atoms with Gasteiger partial charge in [-0.05, 0) is 30.3 Å². The third kappa shape index (κ3) is 4.51. The van der Waals surface area contributed by atoms with E-state index in [1.807, 2.05) is 0 Å². The smallest absolute Gasteiger partial charge is 0.496 e. The van der Waals surface area contributed by atoms with Crippen molar-refractivity contribution in [3.8, 4) is 28.4 Å². The lowest BCUT2D eigenvalue weighted by atomic mass is 10.0. The lowest BCUT2D eigenvalue weighted by Gasteiger charge is -2.12. The zero-order valence-corrected chi connectivity index (χ0v) is 17.1. The number of hydrogen-bond donors (Lipinski definition) is 0. The van der Waals surface area contributed by atoms with Crippen molar-refractivity contribution in [2.24, 2.45) is 0 Å². The zero-order chi connectivity index (χ0) is 23.5. The van der Waals surface area contributed by atoms with Gasteiger partial charge in [0.1, 0.15) is 22.8 Å². The molecule has 0 atom stereocenters. The fraction of sp³-hybridized carbons (Fsp3) is 0.190. The number of ether oxygens (including phenoxy) is 4. The van der Waals surface area contributed by atoms with E-state index in [9.17, 15) is 22.8 Å². The molecule has 2 aromatic carbocycles. The highest BCUT2D eigenvalue weighted by molar-refractivity contribution is 6.07. The molecular formula is C21H17F3N2O6. The molecule has 1 aromatic heterocycles. The minimum Gasteiger partial charge on any atom is -0.496 e.